The molecule has 0 bridgehead atoms. The van der Waals surface area contributed by atoms with Crippen LogP contribution in [0, 0.1) is 0 Å². The molecule has 32 heavy (non-hydrogen) atoms. The van der Waals surface area contributed by atoms with Gasteiger partial charge in [-0.15, -0.1) is 0 Å². The van der Waals surface area contributed by atoms with E-state index >= 15 is 0 Å². The smallest absolute Gasteiger partial charge is 0.269 e. The standard InChI is InChI=1S/C24H28N6O2/c1-3-14-8-20-21(29-22(14)31)9-15(12-26-20)24(6-7-24)30-18-10-17(11-18)28-16-4-5-19(27-13-16)23(32)25-2/h4-5,8-9,12-13,17-18,28,30H,3,6-7,10-11H2,1-2H3,(H,25,32)(H,29,31). The molecule has 0 unspecified atom stereocenters. The Labute approximate surface area is 186 Å². The molecule has 1 amide bonds. The summed E-state index contributed by atoms with van der Waals surface area (Å²) >= 11 is 0. The molecule has 0 spiro atoms. The van der Waals surface area contributed by atoms with E-state index in [2.05, 4.69) is 37.0 Å². The van der Waals surface area contributed by atoms with Crippen LogP contribution < -0.4 is 21.5 Å². The minimum absolute atomic E-state index is 0.0255. The third kappa shape index (κ3) is 3.86. The van der Waals surface area contributed by atoms with Gasteiger partial charge >= 0.3 is 0 Å². The highest BCUT2D eigenvalue weighted by Gasteiger charge is 2.47. The number of rotatable bonds is 7. The lowest BCUT2D eigenvalue weighted by Gasteiger charge is -2.39. The number of fused-ring (bicyclic) bond motifs is 1. The average molecular weight is 433 g/mol. The van der Waals surface area contributed by atoms with E-state index in [1.807, 2.05) is 25.3 Å². The Morgan fingerprint density at radius 2 is 1.97 bits per heavy atom. The van der Waals surface area contributed by atoms with Gasteiger partial charge in [0.25, 0.3) is 11.5 Å². The first-order valence-electron chi connectivity index (χ1n) is 11.2. The van der Waals surface area contributed by atoms with E-state index in [4.69, 9.17) is 0 Å². The highest BCUT2D eigenvalue weighted by Crippen LogP contribution is 2.47. The van der Waals surface area contributed by atoms with Gasteiger partial charge in [0, 0.05) is 36.4 Å². The quantitative estimate of drug-likeness (QED) is 0.456. The monoisotopic (exact) mass is 432 g/mol. The largest absolute Gasteiger partial charge is 0.381 e. The maximum absolute atomic E-state index is 12.2. The van der Waals surface area contributed by atoms with Crippen LogP contribution in [0.15, 0.2) is 41.5 Å². The zero-order chi connectivity index (χ0) is 22.3. The first-order valence-corrected chi connectivity index (χ1v) is 11.2. The maximum atomic E-state index is 12.2. The Hall–Kier alpha value is -3.26. The number of nitrogens with one attached hydrogen (secondary N) is 4. The zero-order valence-corrected chi connectivity index (χ0v) is 18.4. The van der Waals surface area contributed by atoms with Gasteiger partial charge in [-0.3, -0.25) is 14.6 Å². The summed E-state index contributed by atoms with van der Waals surface area (Å²) in [5.74, 6) is -0.183. The van der Waals surface area contributed by atoms with Gasteiger partial charge in [0.1, 0.15) is 5.69 Å². The molecule has 0 aliphatic heterocycles. The van der Waals surface area contributed by atoms with Crippen molar-refractivity contribution in [1.82, 2.24) is 25.6 Å². The number of pyridine rings is 3. The summed E-state index contributed by atoms with van der Waals surface area (Å²) in [7, 11) is 1.60. The summed E-state index contributed by atoms with van der Waals surface area (Å²) in [5.41, 5.74) is 4.84. The molecule has 8 nitrogen and oxygen atoms in total. The SMILES string of the molecule is CCc1cc2ncc(C3(NC4CC(Nc5ccc(C(=O)NC)nc5)C4)CC3)cc2[nH]c1=O. The van der Waals surface area contributed by atoms with E-state index in [9.17, 15) is 9.59 Å². The molecular formula is C24H28N6O2. The van der Waals surface area contributed by atoms with Crippen LogP contribution in [0.3, 0.4) is 0 Å². The molecular weight excluding hydrogens is 404 g/mol. The number of aryl methyl sites for hydroxylation is 1. The summed E-state index contributed by atoms with van der Waals surface area (Å²) in [5, 5.41) is 9.90. The number of aromatic amines is 1. The summed E-state index contributed by atoms with van der Waals surface area (Å²) in [4.78, 5) is 35.6. The van der Waals surface area contributed by atoms with Gasteiger partial charge in [-0.05, 0) is 61.9 Å². The van der Waals surface area contributed by atoms with Gasteiger partial charge in [-0.25, -0.2) is 4.98 Å². The van der Waals surface area contributed by atoms with E-state index in [-0.39, 0.29) is 17.0 Å². The highest BCUT2D eigenvalue weighted by molar-refractivity contribution is 5.92. The van der Waals surface area contributed by atoms with Gasteiger partial charge in [-0.2, -0.15) is 0 Å². The van der Waals surface area contributed by atoms with Gasteiger partial charge in [0.2, 0.25) is 0 Å². The Balaban J connectivity index is 1.20. The van der Waals surface area contributed by atoms with E-state index in [0.29, 0.717) is 24.2 Å². The molecule has 3 aromatic heterocycles. The summed E-state index contributed by atoms with van der Waals surface area (Å²) < 4.78 is 0. The first-order chi connectivity index (χ1) is 15.5. The number of nitrogens with zero attached hydrogens (tertiary/aromatic N) is 2. The minimum Gasteiger partial charge on any atom is -0.381 e. The van der Waals surface area contributed by atoms with Gasteiger partial charge in [-0.1, -0.05) is 6.92 Å². The van der Waals surface area contributed by atoms with Crippen molar-refractivity contribution in [2.75, 3.05) is 12.4 Å². The molecule has 0 saturated heterocycles. The molecule has 5 rings (SSSR count). The van der Waals surface area contributed by atoms with Crippen molar-refractivity contribution in [3.63, 3.8) is 0 Å². The number of anilines is 1. The first kappa shape index (κ1) is 20.6. The van der Waals surface area contributed by atoms with Crippen LogP contribution in [0.4, 0.5) is 5.69 Å². The fraction of sp³-hybridized carbons (Fsp3) is 0.417. The molecule has 4 N–H and O–H groups in total. The van der Waals surface area contributed by atoms with Crippen molar-refractivity contribution in [2.24, 2.45) is 0 Å². The second-order valence-corrected chi connectivity index (χ2v) is 8.88. The predicted molar refractivity (Wildman–Crippen MR) is 124 cm³/mol. The van der Waals surface area contributed by atoms with Crippen LogP contribution in [-0.4, -0.2) is 40.0 Å². The number of hydrogen-bond acceptors (Lipinski definition) is 6. The highest BCUT2D eigenvalue weighted by atomic mass is 16.1. The Bertz CT molecular complexity index is 1210. The second kappa shape index (κ2) is 8.02. The number of amides is 1. The van der Waals surface area contributed by atoms with E-state index in [1.54, 1.807) is 19.3 Å². The van der Waals surface area contributed by atoms with Gasteiger partial charge in [0.15, 0.2) is 0 Å². The lowest BCUT2D eigenvalue weighted by molar-refractivity contribution is 0.0958. The van der Waals surface area contributed by atoms with Crippen LogP contribution in [-0.2, 0) is 12.0 Å². The normalized spacial score (nSPS) is 21.1. The van der Waals surface area contributed by atoms with Crippen molar-refractivity contribution in [3.8, 4) is 0 Å². The summed E-state index contributed by atoms with van der Waals surface area (Å²) in [6.07, 6.45) is 8.57. The van der Waals surface area contributed by atoms with Crippen LogP contribution in [0.2, 0.25) is 0 Å². The molecule has 2 saturated carbocycles. The molecule has 0 aromatic carbocycles. The Kier molecular flexibility index (Phi) is 5.17. The van der Waals surface area contributed by atoms with Gasteiger partial charge in [0.05, 0.1) is 22.9 Å². The van der Waals surface area contributed by atoms with Gasteiger partial charge < -0.3 is 20.9 Å². The molecule has 3 aromatic rings. The van der Waals surface area contributed by atoms with Crippen LogP contribution in [0.5, 0.6) is 0 Å². The molecule has 2 aliphatic carbocycles. The number of carbonyl (C=O) groups excluding carboxylic acids is 1. The minimum atomic E-state index is -0.183. The molecule has 8 heteroatoms. The third-order valence-corrected chi connectivity index (χ3v) is 6.67. The van der Waals surface area contributed by atoms with Crippen molar-refractivity contribution in [3.05, 3.63) is 63.8 Å². The van der Waals surface area contributed by atoms with Crippen LogP contribution >= 0.6 is 0 Å². The molecule has 0 atom stereocenters. The number of aromatic nitrogens is 3. The van der Waals surface area contributed by atoms with Crippen molar-refractivity contribution in [2.45, 2.75) is 56.7 Å². The number of hydrogen-bond donors (Lipinski definition) is 4. The van der Waals surface area contributed by atoms with Crippen molar-refractivity contribution >= 4 is 22.6 Å². The fourth-order valence-corrected chi connectivity index (χ4v) is 4.51. The number of H-pyrrole nitrogens is 1. The van der Waals surface area contributed by atoms with E-state index < -0.39 is 0 Å². The molecule has 3 heterocycles. The molecule has 2 fully saturated rings. The molecule has 0 radical (unpaired) electrons. The van der Waals surface area contributed by atoms with Crippen molar-refractivity contribution < 1.29 is 4.79 Å². The Morgan fingerprint density at radius 1 is 1.16 bits per heavy atom. The maximum Gasteiger partial charge on any atom is 0.269 e. The van der Waals surface area contributed by atoms with Crippen LogP contribution in [0.1, 0.15) is 54.2 Å². The molecule has 2 aliphatic rings. The Morgan fingerprint density at radius 3 is 2.62 bits per heavy atom. The average Bonchev–Trinajstić information content (AvgIpc) is 3.57. The topological polar surface area (TPSA) is 112 Å². The van der Waals surface area contributed by atoms with E-state index in [1.165, 1.54) is 0 Å². The van der Waals surface area contributed by atoms with Crippen LogP contribution in [0.25, 0.3) is 11.0 Å². The number of carbonyl (C=O) groups is 1. The summed E-state index contributed by atoms with van der Waals surface area (Å²) in [6.45, 7) is 1.98. The summed E-state index contributed by atoms with van der Waals surface area (Å²) in [6, 6.07) is 8.42. The van der Waals surface area contributed by atoms with E-state index in [0.717, 1.165) is 53.5 Å². The third-order valence-electron chi connectivity index (χ3n) is 6.67. The molecule has 166 valence electrons. The van der Waals surface area contributed by atoms with Crippen molar-refractivity contribution in [1.29, 1.82) is 0 Å². The zero-order valence-electron chi connectivity index (χ0n) is 18.4. The lowest BCUT2D eigenvalue weighted by Crippen LogP contribution is -2.51. The lowest BCUT2D eigenvalue weighted by atomic mass is 9.85. The second-order valence-electron chi connectivity index (χ2n) is 8.88. The predicted octanol–water partition coefficient (Wildman–Crippen LogP) is 2.46. The fourth-order valence-electron chi connectivity index (χ4n) is 4.51.